The number of carbonyl (C=O) groups excluding carboxylic acids is 2. The summed E-state index contributed by atoms with van der Waals surface area (Å²) in [5.74, 6) is -0.618. The number of rotatable bonds is 6. The number of anilines is 1. The zero-order chi connectivity index (χ0) is 25.2. The zero-order valence-electron chi connectivity index (χ0n) is 18.8. The topological polar surface area (TPSA) is 115 Å². The van der Waals surface area contributed by atoms with Crippen molar-refractivity contribution in [3.8, 4) is 11.4 Å². The van der Waals surface area contributed by atoms with Crippen LogP contribution in [-0.2, 0) is 4.79 Å². The number of para-hydroxylation sites is 1. The van der Waals surface area contributed by atoms with Crippen molar-refractivity contribution in [2.45, 2.75) is 0 Å². The predicted octanol–water partition coefficient (Wildman–Crippen LogP) is 4.03. The zero-order valence-corrected chi connectivity index (χ0v) is 20.4. The Morgan fingerprint density at radius 2 is 1.81 bits per heavy atom. The largest absolute Gasteiger partial charge is 0.495 e. The van der Waals surface area contributed by atoms with Crippen LogP contribution in [0.5, 0.6) is 5.75 Å². The van der Waals surface area contributed by atoms with Crippen LogP contribution in [0.4, 0.5) is 5.13 Å². The second-order valence-corrected chi connectivity index (χ2v) is 9.09. The van der Waals surface area contributed by atoms with Crippen molar-refractivity contribution in [2.75, 3.05) is 19.0 Å². The molecule has 0 saturated carbocycles. The lowest BCUT2D eigenvalue weighted by molar-refractivity contribution is -0.115. The Morgan fingerprint density at radius 1 is 1.06 bits per heavy atom. The van der Waals surface area contributed by atoms with Crippen molar-refractivity contribution in [2.24, 2.45) is 0 Å². The Balaban J connectivity index is 1.41. The summed E-state index contributed by atoms with van der Waals surface area (Å²) in [7, 11) is 1.48. The lowest BCUT2D eigenvalue weighted by atomic mass is 10.1. The van der Waals surface area contributed by atoms with Gasteiger partial charge in [-0.25, -0.2) is 4.98 Å². The molecule has 36 heavy (non-hydrogen) atoms. The average Bonchev–Trinajstić information content (AvgIpc) is 3.30. The van der Waals surface area contributed by atoms with Gasteiger partial charge < -0.3 is 15.4 Å². The van der Waals surface area contributed by atoms with Crippen molar-refractivity contribution in [1.29, 1.82) is 0 Å². The summed E-state index contributed by atoms with van der Waals surface area (Å²) in [6.07, 6.45) is 0. The molecule has 0 atom stereocenters. The number of amides is 2. The number of benzene rings is 3. The van der Waals surface area contributed by atoms with Gasteiger partial charge in [-0.3, -0.25) is 14.4 Å². The number of nitrogens with one attached hydrogen (secondary N) is 2. The minimum absolute atomic E-state index is 0.00933. The van der Waals surface area contributed by atoms with E-state index in [1.54, 1.807) is 36.4 Å². The lowest BCUT2D eigenvalue weighted by Gasteiger charge is -2.12. The minimum Gasteiger partial charge on any atom is -0.495 e. The van der Waals surface area contributed by atoms with Crippen molar-refractivity contribution in [1.82, 2.24) is 20.1 Å². The van der Waals surface area contributed by atoms with Crippen LogP contribution in [0.1, 0.15) is 10.5 Å². The molecule has 0 aliphatic rings. The van der Waals surface area contributed by atoms with Gasteiger partial charge in [0.2, 0.25) is 5.91 Å². The van der Waals surface area contributed by atoms with E-state index in [0.717, 1.165) is 14.9 Å². The summed E-state index contributed by atoms with van der Waals surface area (Å²) in [4.78, 5) is 43.1. The van der Waals surface area contributed by atoms with E-state index >= 15 is 0 Å². The molecule has 5 aromatic rings. The van der Waals surface area contributed by atoms with Crippen LogP contribution in [0, 0.1) is 0 Å². The molecule has 0 bridgehead atoms. The third-order valence-electron chi connectivity index (χ3n) is 5.35. The van der Waals surface area contributed by atoms with Crippen molar-refractivity contribution in [3.63, 3.8) is 0 Å². The molecule has 0 fully saturated rings. The van der Waals surface area contributed by atoms with Crippen LogP contribution in [0.2, 0.25) is 5.02 Å². The quantitative estimate of drug-likeness (QED) is 0.350. The molecule has 2 N–H and O–H groups in total. The predicted molar refractivity (Wildman–Crippen MR) is 139 cm³/mol. The van der Waals surface area contributed by atoms with Gasteiger partial charge in [0.25, 0.3) is 11.5 Å². The van der Waals surface area contributed by atoms with Gasteiger partial charge in [0, 0.05) is 5.39 Å². The first-order valence-electron chi connectivity index (χ1n) is 10.7. The van der Waals surface area contributed by atoms with Gasteiger partial charge >= 0.3 is 0 Å². The third kappa shape index (κ3) is 4.51. The number of fused-ring (bicyclic) bond motifs is 2. The van der Waals surface area contributed by atoms with Gasteiger partial charge in [-0.15, -0.1) is 0 Å². The maximum absolute atomic E-state index is 13.1. The normalized spacial score (nSPS) is 10.9. The summed E-state index contributed by atoms with van der Waals surface area (Å²) in [5, 5.41) is 11.0. The Hall–Kier alpha value is -4.28. The number of carbonyl (C=O) groups is 2. The van der Waals surface area contributed by atoms with Crippen molar-refractivity contribution in [3.05, 3.63) is 87.8 Å². The van der Waals surface area contributed by atoms with Crippen LogP contribution < -0.4 is 20.9 Å². The number of thiazole rings is 1. The molecule has 0 saturated heterocycles. The van der Waals surface area contributed by atoms with Crippen LogP contribution in [0.25, 0.3) is 26.7 Å². The fourth-order valence-corrected chi connectivity index (χ4v) is 4.79. The molecule has 2 heterocycles. The average molecular weight is 520 g/mol. The first-order chi connectivity index (χ1) is 17.4. The Labute approximate surface area is 213 Å². The molecular formula is C25H18ClN5O4S. The molecule has 2 aromatic heterocycles. The van der Waals surface area contributed by atoms with Gasteiger partial charge in [-0.05, 0) is 36.4 Å². The van der Waals surface area contributed by atoms with Crippen molar-refractivity contribution < 1.29 is 14.3 Å². The van der Waals surface area contributed by atoms with Crippen LogP contribution >= 0.6 is 22.9 Å². The summed E-state index contributed by atoms with van der Waals surface area (Å²) < 4.78 is 7.21. The SMILES string of the molecule is COc1ccc(-n2nc(C(=O)NCC(=O)Nc3nc4ccccc4s3)c3ccccc3c2=O)cc1Cl. The standard InChI is InChI=1S/C25H18ClN5O4S/c1-35-19-11-10-14(12-17(19)26)31-24(34)16-7-3-2-6-15(16)22(30-31)23(33)27-13-21(32)29-25-28-18-8-4-5-9-20(18)36-25/h2-12H,13H2,1H3,(H,27,33)(H,28,29,32). The van der Waals surface area contributed by atoms with Crippen LogP contribution in [-0.4, -0.2) is 40.2 Å². The van der Waals surface area contributed by atoms with E-state index in [9.17, 15) is 14.4 Å². The number of methoxy groups -OCH3 is 1. The van der Waals surface area contributed by atoms with Crippen molar-refractivity contribution >= 4 is 60.9 Å². The van der Waals surface area contributed by atoms with E-state index in [4.69, 9.17) is 16.3 Å². The number of halogens is 1. The number of ether oxygens (including phenoxy) is 1. The first kappa shape index (κ1) is 23.5. The van der Waals surface area contributed by atoms with Crippen LogP contribution in [0.15, 0.2) is 71.5 Å². The monoisotopic (exact) mass is 519 g/mol. The highest BCUT2D eigenvalue weighted by Gasteiger charge is 2.19. The van der Waals surface area contributed by atoms with Gasteiger partial charge in [0.15, 0.2) is 10.8 Å². The number of nitrogens with zero attached hydrogens (tertiary/aromatic N) is 3. The smallest absolute Gasteiger partial charge is 0.279 e. The number of hydrogen-bond donors (Lipinski definition) is 2. The Kier molecular flexibility index (Phi) is 6.36. The maximum Gasteiger partial charge on any atom is 0.279 e. The maximum atomic E-state index is 13.1. The van der Waals surface area contributed by atoms with Gasteiger partial charge in [0.1, 0.15) is 5.75 Å². The fourth-order valence-electron chi connectivity index (χ4n) is 3.65. The van der Waals surface area contributed by atoms with E-state index in [1.165, 1.54) is 24.5 Å². The molecule has 0 radical (unpaired) electrons. The summed E-state index contributed by atoms with van der Waals surface area (Å²) in [6.45, 7) is -0.307. The summed E-state index contributed by atoms with van der Waals surface area (Å²) >= 11 is 7.57. The Morgan fingerprint density at radius 3 is 2.56 bits per heavy atom. The van der Waals surface area contributed by atoms with E-state index in [1.807, 2.05) is 24.3 Å². The van der Waals surface area contributed by atoms with E-state index in [0.29, 0.717) is 27.3 Å². The molecule has 5 rings (SSSR count). The molecule has 0 unspecified atom stereocenters. The number of aromatic nitrogens is 3. The molecule has 9 nitrogen and oxygen atoms in total. The molecule has 11 heteroatoms. The Bertz CT molecular complexity index is 1660. The molecule has 180 valence electrons. The molecule has 0 spiro atoms. The van der Waals surface area contributed by atoms with Gasteiger partial charge in [0.05, 0.1) is 40.0 Å². The summed E-state index contributed by atoms with van der Waals surface area (Å²) in [6, 6.07) is 18.9. The molecule has 0 aliphatic heterocycles. The summed E-state index contributed by atoms with van der Waals surface area (Å²) in [5.41, 5.74) is 0.708. The first-order valence-corrected chi connectivity index (χ1v) is 11.9. The third-order valence-corrected chi connectivity index (χ3v) is 6.60. The second kappa shape index (κ2) is 9.76. The second-order valence-electron chi connectivity index (χ2n) is 7.65. The molecular weight excluding hydrogens is 502 g/mol. The van der Waals surface area contributed by atoms with Gasteiger partial charge in [-0.1, -0.05) is 53.3 Å². The van der Waals surface area contributed by atoms with E-state index < -0.39 is 17.4 Å². The minimum atomic E-state index is -0.612. The molecule has 2 amide bonds. The van der Waals surface area contributed by atoms with E-state index in [2.05, 4.69) is 20.7 Å². The fraction of sp³-hybridized carbons (Fsp3) is 0.0800. The number of hydrogen-bond acceptors (Lipinski definition) is 7. The molecule has 3 aromatic carbocycles. The molecule has 0 aliphatic carbocycles. The van der Waals surface area contributed by atoms with Gasteiger partial charge in [-0.2, -0.15) is 9.78 Å². The van der Waals surface area contributed by atoms with E-state index in [-0.39, 0.29) is 17.3 Å². The van der Waals surface area contributed by atoms with Crippen LogP contribution in [0.3, 0.4) is 0 Å². The highest BCUT2D eigenvalue weighted by Crippen LogP contribution is 2.27. The highest BCUT2D eigenvalue weighted by atomic mass is 35.5. The highest BCUT2D eigenvalue weighted by molar-refractivity contribution is 7.22. The lowest BCUT2D eigenvalue weighted by Crippen LogP contribution is -2.35.